The number of aromatic nitrogens is 2. The maximum absolute atomic E-state index is 6.34. The van der Waals surface area contributed by atoms with E-state index in [1.165, 1.54) is 0 Å². The van der Waals surface area contributed by atoms with Gasteiger partial charge in [0, 0.05) is 56.7 Å². The van der Waals surface area contributed by atoms with Crippen molar-refractivity contribution in [1.82, 2.24) is 20.2 Å². The minimum atomic E-state index is 0. The van der Waals surface area contributed by atoms with Crippen molar-refractivity contribution in [2.24, 2.45) is 4.99 Å². The lowest BCUT2D eigenvalue weighted by molar-refractivity contribution is 0.370. The molecule has 9 heteroatoms. The quantitative estimate of drug-likeness (QED) is 0.352. The van der Waals surface area contributed by atoms with Crippen LogP contribution in [0.4, 0.5) is 5.95 Å². The van der Waals surface area contributed by atoms with Gasteiger partial charge in [0.2, 0.25) is 5.95 Å². The minimum Gasteiger partial charge on any atom is -0.497 e. The summed E-state index contributed by atoms with van der Waals surface area (Å²) in [7, 11) is 1.64. The van der Waals surface area contributed by atoms with Gasteiger partial charge in [-0.05, 0) is 37.1 Å². The van der Waals surface area contributed by atoms with Crippen LogP contribution in [0.5, 0.6) is 5.75 Å². The summed E-state index contributed by atoms with van der Waals surface area (Å²) < 4.78 is 5.20. The fraction of sp³-hybridized carbons (Fsp3) is 0.450. The van der Waals surface area contributed by atoms with Crippen molar-refractivity contribution in [3.63, 3.8) is 0 Å². The molecule has 0 bridgehead atoms. The van der Waals surface area contributed by atoms with Crippen molar-refractivity contribution in [2.75, 3.05) is 51.3 Å². The molecule has 7 nitrogen and oxygen atoms in total. The lowest BCUT2D eigenvalue weighted by atomic mass is 10.1. The first-order chi connectivity index (χ1) is 13.7. The summed E-state index contributed by atoms with van der Waals surface area (Å²) >= 11 is 6.34. The maximum atomic E-state index is 6.34. The Balaban J connectivity index is 0.00000300. The van der Waals surface area contributed by atoms with E-state index in [1.807, 2.05) is 24.3 Å². The van der Waals surface area contributed by atoms with E-state index in [9.17, 15) is 0 Å². The summed E-state index contributed by atoms with van der Waals surface area (Å²) in [4.78, 5) is 18.0. The normalized spacial score (nSPS) is 14.4. The molecule has 1 fully saturated rings. The zero-order valence-corrected chi connectivity index (χ0v) is 19.9. The number of methoxy groups -OCH3 is 1. The SMILES string of the molecule is CCNC(=NCCc1ccc(OC)cc1Cl)N1CCN(c2ncccn2)CC1.I. The first-order valence-electron chi connectivity index (χ1n) is 9.59. The number of anilines is 1. The van der Waals surface area contributed by atoms with Crippen LogP contribution in [0.25, 0.3) is 0 Å². The van der Waals surface area contributed by atoms with E-state index in [2.05, 4.69) is 32.0 Å². The molecule has 29 heavy (non-hydrogen) atoms. The summed E-state index contributed by atoms with van der Waals surface area (Å²) in [6.07, 6.45) is 4.35. The number of ether oxygens (including phenoxy) is 1. The van der Waals surface area contributed by atoms with Crippen molar-refractivity contribution >= 4 is 47.5 Å². The molecule has 0 spiro atoms. The van der Waals surface area contributed by atoms with Gasteiger partial charge in [-0.15, -0.1) is 24.0 Å². The molecule has 2 aromatic rings. The van der Waals surface area contributed by atoms with Crippen LogP contribution in [0, 0.1) is 0 Å². The highest BCUT2D eigenvalue weighted by molar-refractivity contribution is 14.0. The molecule has 0 amide bonds. The Morgan fingerprint density at radius 1 is 1.21 bits per heavy atom. The van der Waals surface area contributed by atoms with E-state index in [1.54, 1.807) is 19.5 Å². The second-order valence-electron chi connectivity index (χ2n) is 6.47. The molecule has 0 unspecified atom stereocenters. The van der Waals surface area contributed by atoms with Crippen LogP contribution in [-0.4, -0.2) is 67.2 Å². The van der Waals surface area contributed by atoms with Crippen LogP contribution in [0.15, 0.2) is 41.7 Å². The molecule has 1 aromatic carbocycles. The van der Waals surface area contributed by atoms with Gasteiger partial charge >= 0.3 is 0 Å². The number of hydrogen-bond donors (Lipinski definition) is 1. The third-order valence-electron chi connectivity index (χ3n) is 4.65. The van der Waals surface area contributed by atoms with Crippen molar-refractivity contribution in [3.8, 4) is 5.75 Å². The number of rotatable bonds is 6. The van der Waals surface area contributed by atoms with Crippen LogP contribution in [0.1, 0.15) is 12.5 Å². The van der Waals surface area contributed by atoms with E-state index in [4.69, 9.17) is 21.3 Å². The number of nitrogens with one attached hydrogen (secondary N) is 1. The van der Waals surface area contributed by atoms with Crippen LogP contribution < -0.4 is 15.0 Å². The van der Waals surface area contributed by atoms with Crippen LogP contribution in [0.3, 0.4) is 0 Å². The Morgan fingerprint density at radius 2 is 1.93 bits per heavy atom. The zero-order valence-electron chi connectivity index (χ0n) is 16.8. The van der Waals surface area contributed by atoms with Gasteiger partial charge in [-0.2, -0.15) is 0 Å². The van der Waals surface area contributed by atoms with Gasteiger partial charge in [0.25, 0.3) is 0 Å². The highest BCUT2D eigenvalue weighted by Gasteiger charge is 2.21. The van der Waals surface area contributed by atoms with Crippen molar-refractivity contribution in [3.05, 3.63) is 47.2 Å². The molecule has 3 rings (SSSR count). The minimum absolute atomic E-state index is 0. The van der Waals surface area contributed by atoms with Gasteiger partial charge in [-0.25, -0.2) is 9.97 Å². The van der Waals surface area contributed by atoms with Gasteiger partial charge in [-0.3, -0.25) is 4.99 Å². The van der Waals surface area contributed by atoms with Gasteiger partial charge in [0.1, 0.15) is 5.75 Å². The van der Waals surface area contributed by atoms with Crippen LogP contribution in [-0.2, 0) is 6.42 Å². The number of hydrogen-bond acceptors (Lipinski definition) is 5. The fourth-order valence-electron chi connectivity index (χ4n) is 3.14. The number of guanidine groups is 1. The molecule has 1 aliphatic rings. The fourth-order valence-corrected chi connectivity index (χ4v) is 3.40. The molecular formula is C20H28ClIN6O. The van der Waals surface area contributed by atoms with Crippen molar-refractivity contribution in [2.45, 2.75) is 13.3 Å². The van der Waals surface area contributed by atoms with E-state index in [0.717, 1.165) is 67.4 Å². The molecular weight excluding hydrogens is 503 g/mol. The number of piperazine rings is 1. The van der Waals surface area contributed by atoms with Crippen LogP contribution >= 0.6 is 35.6 Å². The Bertz CT molecular complexity index is 784. The second kappa shape index (κ2) is 12.0. The summed E-state index contributed by atoms with van der Waals surface area (Å²) in [5.74, 6) is 2.50. The lowest BCUT2D eigenvalue weighted by Gasteiger charge is -2.36. The molecule has 1 aromatic heterocycles. The third-order valence-corrected chi connectivity index (χ3v) is 5.00. The molecule has 0 saturated carbocycles. The summed E-state index contributed by atoms with van der Waals surface area (Å²) in [5.41, 5.74) is 1.08. The number of halogens is 2. The first-order valence-corrected chi connectivity index (χ1v) is 9.96. The largest absolute Gasteiger partial charge is 0.497 e. The van der Waals surface area contributed by atoms with E-state index in [-0.39, 0.29) is 24.0 Å². The average molecular weight is 531 g/mol. The predicted octanol–water partition coefficient (Wildman–Crippen LogP) is 3.09. The molecule has 2 heterocycles. The highest BCUT2D eigenvalue weighted by Crippen LogP contribution is 2.22. The number of aliphatic imine (C=N–C) groups is 1. The molecule has 1 saturated heterocycles. The first kappa shape index (κ1) is 23.5. The third kappa shape index (κ3) is 6.60. The van der Waals surface area contributed by atoms with E-state index in [0.29, 0.717) is 6.54 Å². The Morgan fingerprint density at radius 3 is 2.55 bits per heavy atom. The summed E-state index contributed by atoms with van der Waals surface area (Å²) in [6, 6.07) is 7.62. The Hall–Kier alpha value is -1.81. The Labute approximate surface area is 194 Å². The zero-order chi connectivity index (χ0) is 19.8. The monoisotopic (exact) mass is 530 g/mol. The topological polar surface area (TPSA) is 65.9 Å². The standard InChI is InChI=1S/C20H27ClN6O.HI/c1-3-22-19(25-10-7-16-5-6-17(28-2)15-18(16)21)26-11-13-27(14-12-26)20-23-8-4-9-24-20;/h4-6,8-9,15H,3,7,10-14H2,1-2H3,(H,22,25);1H. The van der Waals surface area contributed by atoms with E-state index < -0.39 is 0 Å². The van der Waals surface area contributed by atoms with E-state index >= 15 is 0 Å². The van der Waals surface area contributed by atoms with Gasteiger partial charge in [0.05, 0.1) is 7.11 Å². The molecule has 0 aliphatic carbocycles. The summed E-state index contributed by atoms with van der Waals surface area (Å²) in [5, 5.41) is 4.12. The molecule has 1 aliphatic heterocycles. The van der Waals surface area contributed by atoms with Crippen molar-refractivity contribution in [1.29, 1.82) is 0 Å². The molecule has 158 valence electrons. The molecule has 1 N–H and O–H groups in total. The average Bonchev–Trinajstić information content (AvgIpc) is 2.75. The smallest absolute Gasteiger partial charge is 0.225 e. The predicted molar refractivity (Wildman–Crippen MR) is 129 cm³/mol. The second-order valence-corrected chi connectivity index (χ2v) is 6.87. The highest BCUT2D eigenvalue weighted by atomic mass is 127. The van der Waals surface area contributed by atoms with Gasteiger partial charge in [-0.1, -0.05) is 17.7 Å². The maximum Gasteiger partial charge on any atom is 0.225 e. The van der Waals surface area contributed by atoms with Crippen molar-refractivity contribution < 1.29 is 4.74 Å². The number of nitrogens with zero attached hydrogens (tertiary/aromatic N) is 5. The van der Waals surface area contributed by atoms with Gasteiger partial charge < -0.3 is 19.9 Å². The number of benzene rings is 1. The Kier molecular flexibility index (Phi) is 9.72. The van der Waals surface area contributed by atoms with Crippen LogP contribution in [0.2, 0.25) is 5.02 Å². The van der Waals surface area contributed by atoms with Gasteiger partial charge in [0.15, 0.2) is 5.96 Å². The summed E-state index contributed by atoms with van der Waals surface area (Å²) in [6.45, 7) is 7.11. The molecule has 0 atom stereocenters. The molecule has 0 radical (unpaired) electrons. The lowest BCUT2D eigenvalue weighted by Crippen LogP contribution is -2.53.